The molecule has 1 aromatic carbocycles. The van der Waals surface area contributed by atoms with Crippen LogP contribution in [0.25, 0.3) is 0 Å². The van der Waals surface area contributed by atoms with Crippen LogP contribution in [0.4, 0.5) is 0 Å². The Morgan fingerprint density at radius 3 is 2.11 bits per heavy atom. The second kappa shape index (κ2) is 6.30. The predicted octanol–water partition coefficient (Wildman–Crippen LogP) is 5.12. The van der Waals surface area contributed by atoms with Gasteiger partial charge in [-0.2, -0.15) is 0 Å². The molecule has 0 bridgehead atoms. The Hall–Kier alpha value is -0.500. The first kappa shape index (κ1) is 16.6. The summed E-state index contributed by atoms with van der Waals surface area (Å²) in [6.07, 6.45) is 2.75. The maximum atomic E-state index is 6.24. The third-order valence-electron chi connectivity index (χ3n) is 3.16. The van der Waals surface area contributed by atoms with E-state index in [-0.39, 0.29) is 11.0 Å². The van der Waals surface area contributed by atoms with Crippen LogP contribution in [-0.4, -0.2) is 12.1 Å². The molecule has 1 N–H and O–H groups in total. The van der Waals surface area contributed by atoms with E-state index >= 15 is 0 Å². The highest BCUT2D eigenvalue weighted by Crippen LogP contribution is 2.32. The van der Waals surface area contributed by atoms with Gasteiger partial charge in [-0.25, -0.2) is 0 Å². The lowest BCUT2D eigenvalue weighted by Crippen LogP contribution is -2.43. The molecule has 1 unspecified atom stereocenters. The van der Waals surface area contributed by atoms with Gasteiger partial charge in [0.15, 0.2) is 0 Å². The van der Waals surface area contributed by atoms with Crippen LogP contribution < -0.4 is 5.32 Å². The molecule has 0 aliphatic carbocycles. The minimum absolute atomic E-state index is 0.0779. The molecule has 0 spiro atoms. The number of halogens is 2. The zero-order valence-electron chi connectivity index (χ0n) is 12.2. The van der Waals surface area contributed by atoms with E-state index in [4.69, 9.17) is 23.2 Å². The minimum Gasteiger partial charge on any atom is -0.311 e. The van der Waals surface area contributed by atoms with E-state index in [1.165, 1.54) is 0 Å². The van der Waals surface area contributed by atoms with Crippen molar-refractivity contribution >= 4 is 23.2 Å². The number of rotatable bonds is 5. The SMILES string of the molecule is C=CC(C)(CNC(C)(C)C)Cc1c(Cl)cccc1Cl. The van der Waals surface area contributed by atoms with E-state index in [9.17, 15) is 0 Å². The summed E-state index contributed by atoms with van der Waals surface area (Å²) < 4.78 is 0. The van der Waals surface area contributed by atoms with Gasteiger partial charge in [-0.05, 0) is 44.9 Å². The second-order valence-corrected chi connectivity index (χ2v) is 7.15. The van der Waals surface area contributed by atoms with Crippen LogP contribution in [0.15, 0.2) is 30.9 Å². The highest BCUT2D eigenvalue weighted by molar-refractivity contribution is 6.36. The number of hydrogen-bond acceptors (Lipinski definition) is 1. The minimum atomic E-state index is -0.0814. The van der Waals surface area contributed by atoms with Gasteiger partial charge < -0.3 is 5.32 Å². The summed E-state index contributed by atoms with van der Waals surface area (Å²) in [5.74, 6) is 0. The summed E-state index contributed by atoms with van der Waals surface area (Å²) in [7, 11) is 0. The van der Waals surface area contributed by atoms with E-state index in [1.807, 2.05) is 24.3 Å². The van der Waals surface area contributed by atoms with Crippen molar-refractivity contribution in [2.45, 2.75) is 39.7 Å². The van der Waals surface area contributed by atoms with Crippen LogP contribution in [-0.2, 0) is 6.42 Å². The van der Waals surface area contributed by atoms with Gasteiger partial charge in [-0.1, -0.05) is 42.3 Å². The van der Waals surface area contributed by atoms with Gasteiger partial charge in [0.2, 0.25) is 0 Å². The molecular formula is C16H23Cl2N. The van der Waals surface area contributed by atoms with E-state index in [0.29, 0.717) is 0 Å². The van der Waals surface area contributed by atoms with E-state index in [2.05, 4.69) is 39.6 Å². The largest absolute Gasteiger partial charge is 0.311 e. The predicted molar refractivity (Wildman–Crippen MR) is 86.2 cm³/mol. The Morgan fingerprint density at radius 2 is 1.68 bits per heavy atom. The van der Waals surface area contributed by atoms with E-state index in [0.717, 1.165) is 28.6 Å². The molecule has 0 radical (unpaired) electrons. The molecule has 1 rings (SSSR count). The van der Waals surface area contributed by atoms with Gasteiger partial charge in [0, 0.05) is 27.5 Å². The maximum Gasteiger partial charge on any atom is 0.0453 e. The van der Waals surface area contributed by atoms with Crippen molar-refractivity contribution in [3.63, 3.8) is 0 Å². The zero-order valence-corrected chi connectivity index (χ0v) is 13.7. The van der Waals surface area contributed by atoms with Gasteiger partial charge in [0.05, 0.1) is 0 Å². The summed E-state index contributed by atoms with van der Waals surface area (Å²) in [6.45, 7) is 13.4. The molecule has 1 aromatic rings. The van der Waals surface area contributed by atoms with Crippen molar-refractivity contribution in [3.05, 3.63) is 46.5 Å². The highest BCUT2D eigenvalue weighted by Gasteiger charge is 2.25. The van der Waals surface area contributed by atoms with Crippen LogP contribution in [0.1, 0.15) is 33.3 Å². The number of nitrogens with one attached hydrogen (secondary N) is 1. The van der Waals surface area contributed by atoms with Crippen molar-refractivity contribution < 1.29 is 0 Å². The molecule has 19 heavy (non-hydrogen) atoms. The summed E-state index contributed by atoms with van der Waals surface area (Å²) in [4.78, 5) is 0. The summed E-state index contributed by atoms with van der Waals surface area (Å²) in [6, 6.07) is 5.62. The van der Waals surface area contributed by atoms with Crippen LogP contribution in [0.2, 0.25) is 10.0 Å². The summed E-state index contributed by atoms with van der Waals surface area (Å²) in [5, 5.41) is 4.95. The average Bonchev–Trinajstić information content (AvgIpc) is 2.31. The first-order chi connectivity index (χ1) is 8.67. The summed E-state index contributed by atoms with van der Waals surface area (Å²) >= 11 is 12.5. The lowest BCUT2D eigenvalue weighted by atomic mass is 9.83. The molecule has 0 heterocycles. The number of hydrogen-bond donors (Lipinski definition) is 1. The average molecular weight is 300 g/mol. The van der Waals surface area contributed by atoms with Crippen LogP contribution in [0, 0.1) is 5.41 Å². The molecule has 3 heteroatoms. The lowest BCUT2D eigenvalue weighted by molar-refractivity contribution is 0.322. The monoisotopic (exact) mass is 299 g/mol. The standard InChI is InChI=1S/C16H23Cl2N/c1-6-16(5,11-19-15(2,3)4)10-12-13(17)8-7-9-14(12)18/h6-9,19H,1,10-11H2,2-5H3. The second-order valence-electron chi connectivity index (χ2n) is 6.34. The molecular weight excluding hydrogens is 277 g/mol. The zero-order chi connectivity index (χ0) is 14.7. The first-order valence-electron chi connectivity index (χ1n) is 6.48. The van der Waals surface area contributed by atoms with Gasteiger partial charge in [-0.3, -0.25) is 0 Å². The Bertz CT molecular complexity index is 428. The molecule has 0 amide bonds. The molecule has 0 aliphatic rings. The van der Waals surface area contributed by atoms with Crippen molar-refractivity contribution in [1.29, 1.82) is 0 Å². The molecule has 0 aromatic heterocycles. The fourth-order valence-corrected chi connectivity index (χ4v) is 2.31. The quantitative estimate of drug-likeness (QED) is 0.744. The van der Waals surface area contributed by atoms with Crippen LogP contribution >= 0.6 is 23.2 Å². The Morgan fingerprint density at radius 1 is 1.16 bits per heavy atom. The molecule has 106 valence electrons. The smallest absolute Gasteiger partial charge is 0.0453 e. The molecule has 0 saturated heterocycles. The highest BCUT2D eigenvalue weighted by atomic mass is 35.5. The van der Waals surface area contributed by atoms with Crippen molar-refractivity contribution in [2.75, 3.05) is 6.54 Å². The Labute approximate surface area is 127 Å². The molecule has 1 nitrogen and oxygen atoms in total. The van der Waals surface area contributed by atoms with Crippen molar-refractivity contribution in [1.82, 2.24) is 5.32 Å². The third-order valence-corrected chi connectivity index (χ3v) is 3.87. The van der Waals surface area contributed by atoms with Gasteiger partial charge in [0.1, 0.15) is 0 Å². The molecule has 1 atom stereocenters. The number of benzene rings is 1. The molecule has 0 aliphatic heterocycles. The van der Waals surface area contributed by atoms with E-state index in [1.54, 1.807) is 0 Å². The Balaban J connectivity index is 2.89. The summed E-state index contributed by atoms with van der Waals surface area (Å²) in [5.41, 5.74) is 0.986. The van der Waals surface area contributed by atoms with E-state index < -0.39 is 0 Å². The van der Waals surface area contributed by atoms with Gasteiger partial charge in [-0.15, -0.1) is 6.58 Å². The fourth-order valence-electron chi connectivity index (χ4n) is 1.78. The normalized spacial score (nSPS) is 15.1. The lowest BCUT2D eigenvalue weighted by Gasteiger charge is -2.31. The Kier molecular flexibility index (Phi) is 5.49. The first-order valence-corrected chi connectivity index (χ1v) is 7.24. The van der Waals surface area contributed by atoms with Crippen molar-refractivity contribution in [2.24, 2.45) is 5.41 Å². The molecule has 0 saturated carbocycles. The van der Waals surface area contributed by atoms with Crippen LogP contribution in [0.5, 0.6) is 0 Å². The van der Waals surface area contributed by atoms with Gasteiger partial charge >= 0.3 is 0 Å². The molecule has 0 fully saturated rings. The van der Waals surface area contributed by atoms with Crippen LogP contribution in [0.3, 0.4) is 0 Å². The fraction of sp³-hybridized carbons (Fsp3) is 0.500. The maximum absolute atomic E-state index is 6.24. The van der Waals surface area contributed by atoms with Gasteiger partial charge in [0.25, 0.3) is 0 Å². The third kappa shape index (κ3) is 5.18. The topological polar surface area (TPSA) is 12.0 Å². The van der Waals surface area contributed by atoms with Crippen molar-refractivity contribution in [3.8, 4) is 0 Å².